The summed E-state index contributed by atoms with van der Waals surface area (Å²) < 4.78 is 26.5. The number of hydrogen-bond acceptors (Lipinski definition) is 4. The van der Waals surface area contributed by atoms with E-state index in [2.05, 4.69) is 5.32 Å². The molecule has 0 saturated carbocycles. The van der Waals surface area contributed by atoms with Crippen molar-refractivity contribution in [2.24, 2.45) is 0 Å². The fraction of sp³-hybridized carbons (Fsp3) is 0.269. The molecule has 0 atom stereocenters. The molecule has 3 aromatic rings. The van der Waals surface area contributed by atoms with Gasteiger partial charge in [0.05, 0.1) is 12.1 Å². The molecule has 1 aromatic heterocycles. The van der Waals surface area contributed by atoms with Crippen LogP contribution in [-0.2, 0) is 30.6 Å². The molecule has 0 bridgehead atoms. The molecule has 0 fully saturated rings. The van der Waals surface area contributed by atoms with E-state index in [1.807, 2.05) is 19.1 Å². The highest BCUT2D eigenvalue weighted by Crippen LogP contribution is 2.37. The molecule has 0 radical (unpaired) electrons. The number of thiophene rings is 1. The number of nitrogens with one attached hydrogen (secondary N) is 1. The van der Waals surface area contributed by atoms with Gasteiger partial charge in [-0.1, -0.05) is 25.1 Å². The Kier molecular flexibility index (Phi) is 7.25. The van der Waals surface area contributed by atoms with E-state index in [9.17, 15) is 28.3 Å². The van der Waals surface area contributed by atoms with Gasteiger partial charge in [-0.05, 0) is 60.2 Å². The largest absolute Gasteiger partial charge is 0.478 e. The summed E-state index contributed by atoms with van der Waals surface area (Å²) in [6.45, 7) is 2.59. The number of hydrogen-bond donors (Lipinski definition) is 2. The van der Waals surface area contributed by atoms with Gasteiger partial charge in [-0.15, -0.1) is 11.3 Å². The van der Waals surface area contributed by atoms with Crippen molar-refractivity contribution in [2.45, 2.75) is 39.2 Å². The van der Waals surface area contributed by atoms with E-state index < -0.39 is 23.5 Å². The molecule has 6 nitrogen and oxygen atoms in total. The van der Waals surface area contributed by atoms with Gasteiger partial charge in [-0.3, -0.25) is 9.59 Å². The Morgan fingerprint density at radius 2 is 1.77 bits per heavy atom. The number of rotatable bonds is 7. The zero-order valence-electron chi connectivity index (χ0n) is 19.1. The van der Waals surface area contributed by atoms with Gasteiger partial charge in [-0.25, -0.2) is 13.6 Å². The van der Waals surface area contributed by atoms with Crippen molar-refractivity contribution < 1.29 is 28.3 Å². The zero-order chi connectivity index (χ0) is 25.1. The van der Waals surface area contributed by atoms with Crippen molar-refractivity contribution in [3.63, 3.8) is 0 Å². The number of carbonyl (C=O) groups excluding carboxylic acids is 2. The minimum atomic E-state index is -1.13. The van der Waals surface area contributed by atoms with E-state index in [1.54, 1.807) is 17.0 Å². The molecule has 1 aliphatic rings. The van der Waals surface area contributed by atoms with Crippen LogP contribution in [0.3, 0.4) is 0 Å². The third kappa shape index (κ3) is 5.40. The second kappa shape index (κ2) is 10.4. The number of carbonyl (C=O) groups is 3. The molecule has 2 heterocycles. The second-order valence-electron chi connectivity index (χ2n) is 8.33. The van der Waals surface area contributed by atoms with Crippen LogP contribution in [0.15, 0.2) is 42.5 Å². The summed E-state index contributed by atoms with van der Waals surface area (Å²) in [5, 5.41) is 12.8. The number of nitrogens with zero attached hydrogens (tertiary/aromatic N) is 1. The average molecular weight is 499 g/mol. The van der Waals surface area contributed by atoms with Crippen molar-refractivity contribution in [3.05, 3.63) is 86.8 Å². The summed E-state index contributed by atoms with van der Waals surface area (Å²) in [4.78, 5) is 39.8. The lowest BCUT2D eigenvalue weighted by Crippen LogP contribution is -2.35. The molecular formula is C26H24F2N2O4S. The molecule has 0 aliphatic carbocycles. The summed E-state index contributed by atoms with van der Waals surface area (Å²) in [7, 11) is 0. The molecule has 9 heteroatoms. The number of fused-ring (bicyclic) bond motifs is 1. The highest BCUT2D eigenvalue weighted by molar-refractivity contribution is 7.17. The first-order chi connectivity index (χ1) is 16.8. The number of anilines is 1. The summed E-state index contributed by atoms with van der Waals surface area (Å²) in [6.07, 6.45) is 1.58. The summed E-state index contributed by atoms with van der Waals surface area (Å²) in [5.41, 5.74) is 2.74. The fourth-order valence-corrected chi connectivity index (χ4v) is 5.35. The van der Waals surface area contributed by atoms with Crippen LogP contribution in [-0.4, -0.2) is 34.3 Å². The van der Waals surface area contributed by atoms with Crippen LogP contribution in [0.5, 0.6) is 0 Å². The first-order valence-electron chi connectivity index (χ1n) is 11.3. The molecule has 2 N–H and O–H groups in total. The third-order valence-electron chi connectivity index (χ3n) is 6.09. The average Bonchev–Trinajstić information content (AvgIpc) is 3.21. The lowest BCUT2D eigenvalue weighted by Gasteiger charge is -2.27. The number of amides is 2. The van der Waals surface area contributed by atoms with Crippen molar-refractivity contribution in [1.29, 1.82) is 0 Å². The molecule has 0 unspecified atom stereocenters. The molecule has 4 rings (SSSR count). The molecular weight excluding hydrogens is 474 g/mol. The Morgan fingerprint density at radius 1 is 1.06 bits per heavy atom. The maximum atomic E-state index is 13.4. The monoisotopic (exact) mass is 498 g/mol. The lowest BCUT2D eigenvalue weighted by atomic mass is 10.0. The van der Waals surface area contributed by atoms with Crippen LogP contribution < -0.4 is 5.32 Å². The Bertz CT molecular complexity index is 1290. The predicted octanol–water partition coefficient (Wildman–Crippen LogP) is 5.06. The molecule has 0 saturated heterocycles. The topological polar surface area (TPSA) is 86.7 Å². The van der Waals surface area contributed by atoms with E-state index in [-0.39, 0.29) is 35.9 Å². The van der Waals surface area contributed by atoms with Gasteiger partial charge in [-0.2, -0.15) is 0 Å². The Balaban J connectivity index is 1.46. The van der Waals surface area contributed by atoms with Crippen LogP contribution in [0, 0.1) is 11.6 Å². The molecule has 1 aliphatic heterocycles. The number of benzene rings is 2. The van der Waals surface area contributed by atoms with Gasteiger partial charge in [0.2, 0.25) is 5.91 Å². The number of aryl methyl sites for hydroxylation is 2. The van der Waals surface area contributed by atoms with Gasteiger partial charge in [0.25, 0.3) is 5.91 Å². The van der Waals surface area contributed by atoms with Crippen molar-refractivity contribution in [1.82, 2.24) is 4.90 Å². The Hall–Kier alpha value is -3.59. The summed E-state index contributed by atoms with van der Waals surface area (Å²) in [6, 6.07) is 10.7. The fourth-order valence-electron chi connectivity index (χ4n) is 4.10. The zero-order valence-corrected chi connectivity index (χ0v) is 19.9. The van der Waals surface area contributed by atoms with E-state index in [4.69, 9.17) is 0 Å². The Labute approximate surface area is 205 Å². The van der Waals surface area contributed by atoms with E-state index in [0.717, 1.165) is 35.5 Å². The lowest BCUT2D eigenvalue weighted by molar-refractivity contribution is -0.132. The predicted molar refractivity (Wildman–Crippen MR) is 129 cm³/mol. The van der Waals surface area contributed by atoms with E-state index in [0.29, 0.717) is 34.5 Å². The standard InChI is InChI=1S/C26H24F2N2O4S/c1-2-15-3-7-17(8-4-15)24(32)29-25-23(26(33)34)18-11-12-30(14-21(18)35-25)22(31)10-6-16-5-9-19(27)20(28)13-16/h3-5,7-9,13H,2,6,10-12,14H2,1H3,(H,29,32)(H,33,34). The SMILES string of the molecule is CCc1ccc(C(=O)Nc2sc3c(c2C(=O)O)CCN(C(=O)CCc2ccc(F)c(F)c2)C3)cc1. The maximum Gasteiger partial charge on any atom is 0.339 e. The van der Waals surface area contributed by atoms with Gasteiger partial charge >= 0.3 is 5.97 Å². The second-order valence-corrected chi connectivity index (χ2v) is 9.44. The molecule has 0 spiro atoms. The quantitative estimate of drug-likeness (QED) is 0.477. The number of carboxylic acids is 1. The van der Waals surface area contributed by atoms with Crippen LogP contribution >= 0.6 is 11.3 Å². The molecule has 2 aromatic carbocycles. The highest BCUT2D eigenvalue weighted by Gasteiger charge is 2.30. The van der Waals surface area contributed by atoms with Crippen molar-refractivity contribution in [3.8, 4) is 0 Å². The van der Waals surface area contributed by atoms with Gasteiger partial charge in [0.15, 0.2) is 11.6 Å². The van der Waals surface area contributed by atoms with E-state index in [1.165, 1.54) is 6.07 Å². The van der Waals surface area contributed by atoms with Crippen LogP contribution in [0.1, 0.15) is 55.6 Å². The van der Waals surface area contributed by atoms with Crippen LogP contribution in [0.4, 0.5) is 13.8 Å². The minimum absolute atomic E-state index is 0.0671. The van der Waals surface area contributed by atoms with Crippen LogP contribution in [0.25, 0.3) is 0 Å². The molecule has 182 valence electrons. The third-order valence-corrected chi connectivity index (χ3v) is 7.22. The van der Waals surface area contributed by atoms with Crippen molar-refractivity contribution >= 4 is 34.1 Å². The first-order valence-corrected chi connectivity index (χ1v) is 12.1. The minimum Gasteiger partial charge on any atom is -0.478 e. The van der Waals surface area contributed by atoms with Gasteiger partial charge < -0.3 is 15.3 Å². The molecule has 35 heavy (non-hydrogen) atoms. The maximum absolute atomic E-state index is 13.4. The Morgan fingerprint density at radius 3 is 2.43 bits per heavy atom. The van der Waals surface area contributed by atoms with Gasteiger partial charge in [0, 0.05) is 23.4 Å². The van der Waals surface area contributed by atoms with E-state index >= 15 is 0 Å². The normalized spacial score (nSPS) is 12.8. The number of halogens is 2. The molecule has 2 amide bonds. The number of carboxylic acid groups (broad SMARTS) is 1. The van der Waals surface area contributed by atoms with Crippen molar-refractivity contribution in [2.75, 3.05) is 11.9 Å². The smallest absolute Gasteiger partial charge is 0.339 e. The van der Waals surface area contributed by atoms with Gasteiger partial charge in [0.1, 0.15) is 5.00 Å². The highest BCUT2D eigenvalue weighted by atomic mass is 32.1. The summed E-state index contributed by atoms with van der Waals surface area (Å²) in [5.74, 6) is -3.57. The van der Waals surface area contributed by atoms with Crippen LogP contribution in [0.2, 0.25) is 0 Å². The number of aromatic carboxylic acids is 1. The first kappa shape index (κ1) is 24.5. The summed E-state index contributed by atoms with van der Waals surface area (Å²) >= 11 is 1.16.